The number of hydrogen-bond acceptors (Lipinski definition) is 7. The minimum absolute atomic E-state index is 0.0455. The van der Waals surface area contributed by atoms with Crippen molar-refractivity contribution in [3.8, 4) is 11.1 Å². The van der Waals surface area contributed by atoms with Gasteiger partial charge in [0.2, 0.25) is 5.91 Å². The van der Waals surface area contributed by atoms with Crippen LogP contribution in [-0.4, -0.2) is 65.7 Å². The highest BCUT2D eigenvalue weighted by atomic mass is 16.6. The summed E-state index contributed by atoms with van der Waals surface area (Å²) in [6, 6.07) is 14.5. The van der Waals surface area contributed by atoms with Gasteiger partial charge >= 0.3 is 12.1 Å². The van der Waals surface area contributed by atoms with E-state index in [1.807, 2.05) is 48.5 Å². The largest absolute Gasteiger partial charge is 0.460 e. The summed E-state index contributed by atoms with van der Waals surface area (Å²) in [4.78, 5) is 37.6. The number of hydrogen-bond donors (Lipinski definition) is 4. The molecule has 188 valence electrons. The smallest absolute Gasteiger partial charge is 0.407 e. The Hall–Kier alpha value is -3.43. The summed E-state index contributed by atoms with van der Waals surface area (Å²) >= 11 is 0. The van der Waals surface area contributed by atoms with Crippen LogP contribution in [-0.2, 0) is 19.1 Å². The van der Waals surface area contributed by atoms with Crippen LogP contribution in [0.4, 0.5) is 4.79 Å². The lowest BCUT2D eigenvalue weighted by atomic mass is 9.98. The van der Waals surface area contributed by atoms with Crippen LogP contribution in [0.3, 0.4) is 0 Å². The monoisotopic (exact) mass is 484 g/mol. The highest BCUT2D eigenvalue weighted by molar-refractivity contribution is 5.89. The van der Waals surface area contributed by atoms with E-state index in [-0.39, 0.29) is 19.1 Å². The summed E-state index contributed by atoms with van der Waals surface area (Å²) in [5, 5.41) is 23.3. The standard InChI is InChI=1S/C26H32N2O7/c1-26(2,3)35-23(31)12-22(24(32)27-13-16(30)14-29)28-25(33)34-15-21-19-10-6-4-8-17(19)18-9-5-7-11-20(18)21/h4-11,16,21-22,29-30H,12-15H2,1-3H3,(H,27,32)(H,28,33). The number of carbonyl (C=O) groups excluding carboxylic acids is 3. The number of ether oxygens (including phenoxy) is 2. The molecule has 0 saturated carbocycles. The van der Waals surface area contributed by atoms with Crippen molar-refractivity contribution in [1.82, 2.24) is 10.6 Å². The molecule has 2 aromatic carbocycles. The predicted octanol–water partition coefficient (Wildman–Crippen LogP) is 2.09. The number of rotatable bonds is 9. The van der Waals surface area contributed by atoms with E-state index < -0.39 is 48.7 Å². The minimum Gasteiger partial charge on any atom is -0.460 e. The molecule has 9 nitrogen and oxygen atoms in total. The molecule has 2 atom stereocenters. The first kappa shape index (κ1) is 26.2. The number of nitrogens with one attached hydrogen (secondary N) is 2. The number of amides is 2. The van der Waals surface area contributed by atoms with Gasteiger partial charge in [-0.05, 0) is 43.0 Å². The van der Waals surface area contributed by atoms with Crippen molar-refractivity contribution < 1.29 is 34.1 Å². The molecular formula is C26H32N2O7. The Kier molecular flexibility index (Phi) is 8.48. The number of fused-ring (bicyclic) bond motifs is 3. The van der Waals surface area contributed by atoms with Crippen LogP contribution in [0.15, 0.2) is 48.5 Å². The van der Waals surface area contributed by atoms with Crippen LogP contribution in [0, 0.1) is 0 Å². The van der Waals surface area contributed by atoms with E-state index in [1.54, 1.807) is 20.8 Å². The lowest BCUT2D eigenvalue weighted by Crippen LogP contribution is -2.50. The van der Waals surface area contributed by atoms with Crippen molar-refractivity contribution in [2.45, 2.75) is 50.9 Å². The van der Waals surface area contributed by atoms with Crippen molar-refractivity contribution in [2.24, 2.45) is 0 Å². The molecule has 3 rings (SSSR count). The summed E-state index contributed by atoms with van der Waals surface area (Å²) in [7, 11) is 0. The zero-order valence-electron chi connectivity index (χ0n) is 20.1. The van der Waals surface area contributed by atoms with Gasteiger partial charge in [0.1, 0.15) is 18.2 Å². The van der Waals surface area contributed by atoms with Crippen molar-refractivity contribution in [3.05, 3.63) is 59.7 Å². The molecule has 9 heteroatoms. The summed E-state index contributed by atoms with van der Waals surface area (Å²) < 4.78 is 10.7. The van der Waals surface area contributed by atoms with E-state index in [2.05, 4.69) is 10.6 Å². The molecule has 0 aromatic heterocycles. The Morgan fingerprint density at radius 2 is 1.57 bits per heavy atom. The van der Waals surface area contributed by atoms with Crippen LogP contribution in [0.2, 0.25) is 0 Å². The van der Waals surface area contributed by atoms with Gasteiger partial charge in [0.15, 0.2) is 0 Å². The normalized spacial score (nSPS) is 14.3. The first-order chi connectivity index (χ1) is 16.6. The molecule has 35 heavy (non-hydrogen) atoms. The number of esters is 1. The van der Waals surface area contributed by atoms with Crippen LogP contribution in [0.1, 0.15) is 44.2 Å². The second kappa shape index (κ2) is 11.3. The number of benzene rings is 2. The quantitative estimate of drug-likeness (QED) is 0.401. The zero-order chi connectivity index (χ0) is 25.6. The Balaban J connectivity index is 1.66. The summed E-state index contributed by atoms with van der Waals surface area (Å²) in [5.41, 5.74) is 3.49. The second-order valence-electron chi connectivity index (χ2n) is 9.39. The molecule has 0 fully saturated rings. The molecule has 0 radical (unpaired) electrons. The molecule has 2 unspecified atom stereocenters. The molecule has 0 saturated heterocycles. The molecule has 4 N–H and O–H groups in total. The van der Waals surface area contributed by atoms with Crippen molar-refractivity contribution in [1.29, 1.82) is 0 Å². The van der Waals surface area contributed by atoms with Gasteiger partial charge in [-0.1, -0.05) is 48.5 Å². The SMILES string of the molecule is CC(C)(C)OC(=O)CC(NC(=O)OCC1c2ccccc2-c2ccccc21)C(=O)NCC(O)CO. The third kappa shape index (κ3) is 7.03. The van der Waals surface area contributed by atoms with E-state index >= 15 is 0 Å². The fourth-order valence-electron chi connectivity index (χ4n) is 3.95. The Morgan fingerprint density at radius 1 is 1.00 bits per heavy atom. The fourth-order valence-corrected chi connectivity index (χ4v) is 3.95. The maximum absolute atomic E-state index is 12.6. The van der Waals surface area contributed by atoms with E-state index in [9.17, 15) is 19.5 Å². The van der Waals surface area contributed by atoms with Crippen molar-refractivity contribution in [2.75, 3.05) is 19.8 Å². The average molecular weight is 485 g/mol. The van der Waals surface area contributed by atoms with Gasteiger partial charge < -0.3 is 30.3 Å². The van der Waals surface area contributed by atoms with Gasteiger partial charge in [0, 0.05) is 12.5 Å². The lowest BCUT2D eigenvalue weighted by molar-refractivity contribution is -0.156. The second-order valence-corrected chi connectivity index (χ2v) is 9.39. The number of aliphatic hydroxyl groups is 2. The van der Waals surface area contributed by atoms with Crippen LogP contribution in [0.5, 0.6) is 0 Å². The Labute approximate surface area is 204 Å². The highest BCUT2D eigenvalue weighted by Crippen LogP contribution is 2.44. The first-order valence-electron chi connectivity index (χ1n) is 11.5. The number of carbonyl (C=O) groups is 3. The van der Waals surface area contributed by atoms with Crippen molar-refractivity contribution in [3.63, 3.8) is 0 Å². The molecular weight excluding hydrogens is 452 g/mol. The van der Waals surface area contributed by atoms with Gasteiger partial charge in [-0.25, -0.2) is 4.79 Å². The van der Waals surface area contributed by atoms with Gasteiger partial charge in [-0.2, -0.15) is 0 Å². The van der Waals surface area contributed by atoms with Gasteiger partial charge in [0.25, 0.3) is 0 Å². The lowest BCUT2D eigenvalue weighted by Gasteiger charge is -2.23. The third-order valence-electron chi connectivity index (χ3n) is 5.47. The van der Waals surface area contributed by atoms with E-state index in [0.717, 1.165) is 22.3 Å². The third-order valence-corrected chi connectivity index (χ3v) is 5.47. The maximum atomic E-state index is 12.6. The molecule has 2 amide bonds. The van der Waals surface area contributed by atoms with Crippen LogP contribution < -0.4 is 10.6 Å². The van der Waals surface area contributed by atoms with Crippen molar-refractivity contribution >= 4 is 18.0 Å². The fraction of sp³-hybridized carbons (Fsp3) is 0.423. The maximum Gasteiger partial charge on any atom is 0.407 e. The molecule has 1 aliphatic carbocycles. The molecule has 0 bridgehead atoms. The Bertz CT molecular complexity index is 1020. The number of aliphatic hydroxyl groups excluding tert-OH is 2. The minimum atomic E-state index is -1.29. The topological polar surface area (TPSA) is 134 Å². The number of alkyl carbamates (subject to hydrolysis) is 1. The molecule has 2 aromatic rings. The first-order valence-corrected chi connectivity index (χ1v) is 11.5. The van der Waals surface area contributed by atoms with Crippen LogP contribution >= 0.6 is 0 Å². The van der Waals surface area contributed by atoms with E-state index in [1.165, 1.54) is 0 Å². The van der Waals surface area contributed by atoms with Gasteiger partial charge in [-0.15, -0.1) is 0 Å². The van der Waals surface area contributed by atoms with E-state index in [4.69, 9.17) is 14.6 Å². The molecule has 0 aliphatic heterocycles. The zero-order valence-corrected chi connectivity index (χ0v) is 20.1. The summed E-state index contributed by atoms with van der Waals surface area (Å²) in [6.07, 6.45) is -2.46. The highest BCUT2D eigenvalue weighted by Gasteiger charge is 2.31. The summed E-state index contributed by atoms with van der Waals surface area (Å²) in [6.45, 7) is 4.33. The van der Waals surface area contributed by atoms with Crippen LogP contribution in [0.25, 0.3) is 11.1 Å². The predicted molar refractivity (Wildman–Crippen MR) is 129 cm³/mol. The molecule has 1 aliphatic rings. The Morgan fingerprint density at radius 3 is 2.11 bits per heavy atom. The summed E-state index contributed by atoms with van der Waals surface area (Å²) in [5.74, 6) is -1.55. The van der Waals surface area contributed by atoms with Gasteiger partial charge in [0.05, 0.1) is 19.1 Å². The van der Waals surface area contributed by atoms with E-state index in [0.29, 0.717) is 0 Å². The average Bonchev–Trinajstić information content (AvgIpc) is 3.13. The van der Waals surface area contributed by atoms with Gasteiger partial charge in [-0.3, -0.25) is 9.59 Å². The molecule has 0 spiro atoms. The molecule has 0 heterocycles.